The third kappa shape index (κ3) is 6.82. The number of aromatic hydroxyl groups is 1. The molecule has 6 aliphatic rings. The van der Waals surface area contributed by atoms with E-state index in [0.29, 0.717) is 55.0 Å². The Hall–Kier alpha value is -5.70. The number of aromatic nitrogens is 4. The number of hydrogen-bond acceptors (Lipinski definition) is 14. The number of piperazine rings is 1. The number of nitrogens with two attached hydrogens (primary N) is 1. The Morgan fingerprint density at radius 1 is 0.831 bits per heavy atom. The van der Waals surface area contributed by atoms with Crippen LogP contribution in [-0.4, -0.2) is 118 Å². The predicted octanol–water partition coefficient (Wildman–Crippen LogP) is 4.32. The van der Waals surface area contributed by atoms with Gasteiger partial charge in [-0.15, -0.1) is 10.2 Å². The van der Waals surface area contributed by atoms with E-state index in [9.17, 15) is 14.7 Å². The van der Waals surface area contributed by atoms with Gasteiger partial charge in [0.1, 0.15) is 17.9 Å². The molecule has 2 aromatic carbocycles. The van der Waals surface area contributed by atoms with Gasteiger partial charge in [0.15, 0.2) is 11.6 Å². The van der Waals surface area contributed by atoms with E-state index >= 15 is 0 Å². The van der Waals surface area contributed by atoms with Gasteiger partial charge < -0.3 is 40.1 Å². The van der Waals surface area contributed by atoms with Crippen LogP contribution in [0.25, 0.3) is 11.3 Å². The van der Waals surface area contributed by atoms with Crippen molar-refractivity contribution in [2.45, 2.75) is 87.9 Å². The average Bonchev–Trinajstić information content (AvgIpc) is 3.54. The highest BCUT2D eigenvalue weighted by Gasteiger charge is 2.46. The number of imide groups is 1. The molecular formula is C44H53N11O4. The van der Waals surface area contributed by atoms with Crippen LogP contribution in [0.1, 0.15) is 69.9 Å². The number of hydrogen-bond donors (Lipinski definition) is 3. The van der Waals surface area contributed by atoms with Crippen LogP contribution in [0.3, 0.4) is 0 Å². The molecule has 0 radical (unpaired) electrons. The molecule has 2 bridgehead atoms. The number of amides is 2. The van der Waals surface area contributed by atoms with E-state index < -0.39 is 5.54 Å². The molecule has 0 saturated carbocycles. The SMILES string of the molecule is C[C@]1(N2CCOc3c(N4CCC(N5CCC(c6ccnc(N7[C@@H]8CC[C@H]7CN(c7cc(-c9ccccc9O)nnc7N)C8)n6)CC5)CC4)cccc32)CCC(=O)NC1=O. The van der Waals surface area contributed by atoms with Crippen molar-refractivity contribution in [3.05, 3.63) is 66.5 Å². The summed E-state index contributed by atoms with van der Waals surface area (Å²) >= 11 is 0. The number of carbonyl (C=O) groups excluding carboxylic acids is 2. The fraction of sp³-hybridized carbons (Fsp3) is 0.500. The number of phenolic OH excluding ortho intramolecular Hbond substituents is 1. The molecule has 0 spiro atoms. The number of likely N-dealkylation sites (tertiary alicyclic amines) is 1. The number of anilines is 5. The van der Waals surface area contributed by atoms with Crippen molar-refractivity contribution in [2.75, 3.05) is 77.8 Å². The summed E-state index contributed by atoms with van der Waals surface area (Å²) in [5.41, 5.74) is 10.9. The molecule has 8 heterocycles. The molecule has 5 saturated heterocycles. The number of piperidine rings is 3. The third-order valence-electron chi connectivity index (χ3n) is 14.0. The number of nitrogen functional groups attached to an aromatic ring is 1. The molecule has 3 atom stereocenters. The highest BCUT2D eigenvalue weighted by molar-refractivity contribution is 6.04. The van der Waals surface area contributed by atoms with E-state index in [4.69, 9.17) is 20.4 Å². The van der Waals surface area contributed by atoms with Crippen LogP contribution in [0.2, 0.25) is 0 Å². The molecule has 4 aromatic rings. The zero-order valence-electron chi connectivity index (χ0n) is 33.7. The van der Waals surface area contributed by atoms with Gasteiger partial charge in [-0.3, -0.25) is 14.9 Å². The second kappa shape index (κ2) is 15.2. The average molecular weight is 800 g/mol. The summed E-state index contributed by atoms with van der Waals surface area (Å²) in [6.45, 7) is 8.64. The monoisotopic (exact) mass is 799 g/mol. The summed E-state index contributed by atoms with van der Waals surface area (Å²) in [6, 6.07) is 18.6. The quantitative estimate of drug-likeness (QED) is 0.226. The van der Waals surface area contributed by atoms with Crippen LogP contribution in [0.5, 0.6) is 11.5 Å². The summed E-state index contributed by atoms with van der Waals surface area (Å²) in [6.07, 6.45) is 9.25. The summed E-state index contributed by atoms with van der Waals surface area (Å²) in [4.78, 5) is 47.1. The van der Waals surface area contributed by atoms with Gasteiger partial charge in [0.25, 0.3) is 5.91 Å². The van der Waals surface area contributed by atoms with E-state index in [1.807, 2.05) is 37.4 Å². The number of phenols is 1. The molecule has 2 amide bonds. The molecule has 4 N–H and O–H groups in total. The van der Waals surface area contributed by atoms with Gasteiger partial charge >= 0.3 is 0 Å². The van der Waals surface area contributed by atoms with Gasteiger partial charge in [-0.1, -0.05) is 18.2 Å². The summed E-state index contributed by atoms with van der Waals surface area (Å²) in [7, 11) is 0. The first kappa shape index (κ1) is 37.6. The second-order valence-corrected chi connectivity index (χ2v) is 17.3. The Kier molecular flexibility index (Phi) is 9.65. The van der Waals surface area contributed by atoms with E-state index in [1.165, 1.54) is 0 Å². The number of fused-ring (bicyclic) bond motifs is 3. The van der Waals surface area contributed by atoms with E-state index in [1.54, 1.807) is 12.1 Å². The zero-order valence-corrected chi connectivity index (χ0v) is 33.7. The van der Waals surface area contributed by atoms with E-state index in [-0.39, 0.29) is 29.6 Å². The molecule has 15 heteroatoms. The van der Waals surface area contributed by atoms with Crippen molar-refractivity contribution in [1.82, 2.24) is 30.4 Å². The lowest BCUT2D eigenvalue weighted by Crippen LogP contribution is -2.63. The predicted molar refractivity (Wildman–Crippen MR) is 226 cm³/mol. The minimum Gasteiger partial charge on any atom is -0.507 e. The minimum atomic E-state index is -0.789. The van der Waals surface area contributed by atoms with Crippen molar-refractivity contribution in [1.29, 1.82) is 0 Å². The molecule has 6 aliphatic heterocycles. The maximum absolute atomic E-state index is 13.1. The number of rotatable bonds is 7. The molecule has 308 valence electrons. The zero-order chi connectivity index (χ0) is 40.3. The molecule has 59 heavy (non-hydrogen) atoms. The van der Waals surface area contributed by atoms with Gasteiger partial charge in [-0.05, 0) is 101 Å². The topological polar surface area (TPSA) is 169 Å². The Labute approximate surface area is 344 Å². The highest BCUT2D eigenvalue weighted by atomic mass is 16.5. The van der Waals surface area contributed by atoms with Crippen LogP contribution in [0.4, 0.5) is 28.8 Å². The molecular weight excluding hydrogens is 747 g/mol. The third-order valence-corrected chi connectivity index (χ3v) is 14.0. The van der Waals surface area contributed by atoms with E-state index in [0.717, 1.165) is 112 Å². The first-order chi connectivity index (χ1) is 28.7. The van der Waals surface area contributed by atoms with Crippen molar-refractivity contribution in [3.8, 4) is 22.8 Å². The van der Waals surface area contributed by atoms with Crippen molar-refractivity contribution >= 4 is 40.6 Å². The van der Waals surface area contributed by atoms with Crippen molar-refractivity contribution in [2.24, 2.45) is 0 Å². The Morgan fingerprint density at radius 2 is 1.59 bits per heavy atom. The number of ether oxygens (including phenoxy) is 1. The number of carbonyl (C=O) groups is 2. The fourth-order valence-electron chi connectivity index (χ4n) is 10.7. The standard InChI is InChI=1S/C44H53N11O4/c1-44(17-11-39(57)48-42(44)58)54-23-24-59-40-35(6-4-7-36(40)54)52-21-15-29(16-22-52)51-19-13-28(14-20-51)33-12-18-46-43(47-33)55-30-9-10-31(55)27-53(26-30)37-25-34(49-50-41(37)45)32-5-2-3-8-38(32)56/h2-8,12,18,25,28-31,56H,9-11,13-17,19-24,26-27H2,1H3,(H2,45,50)(H,48,57,58)/t30-,31+,44-/m0/s1. The fourth-order valence-corrected chi connectivity index (χ4v) is 10.7. The van der Waals surface area contributed by atoms with Crippen LogP contribution in [0, 0.1) is 0 Å². The Bertz CT molecular complexity index is 2230. The molecule has 0 unspecified atom stereocenters. The van der Waals surface area contributed by atoms with Crippen LogP contribution in [0.15, 0.2) is 60.8 Å². The number of benzene rings is 2. The van der Waals surface area contributed by atoms with E-state index in [2.05, 4.69) is 58.2 Å². The maximum Gasteiger partial charge on any atom is 0.252 e. The first-order valence-corrected chi connectivity index (χ1v) is 21.4. The molecule has 0 aliphatic carbocycles. The lowest BCUT2D eigenvalue weighted by molar-refractivity contribution is -0.137. The smallest absolute Gasteiger partial charge is 0.252 e. The normalized spacial score (nSPS) is 25.5. The van der Waals surface area contributed by atoms with Crippen molar-refractivity contribution < 1.29 is 19.4 Å². The van der Waals surface area contributed by atoms with Gasteiger partial charge in [-0.2, -0.15) is 0 Å². The lowest BCUT2D eigenvalue weighted by atomic mass is 9.87. The molecule has 15 nitrogen and oxygen atoms in total. The molecule has 2 aromatic heterocycles. The Balaban J connectivity index is 0.757. The lowest BCUT2D eigenvalue weighted by Gasteiger charge is -2.47. The van der Waals surface area contributed by atoms with Gasteiger partial charge in [0.05, 0.1) is 29.3 Å². The summed E-state index contributed by atoms with van der Waals surface area (Å²) < 4.78 is 6.31. The largest absolute Gasteiger partial charge is 0.507 e. The molecule has 5 fully saturated rings. The number of nitrogens with zero attached hydrogens (tertiary/aromatic N) is 9. The highest BCUT2D eigenvalue weighted by Crippen LogP contribution is 2.45. The van der Waals surface area contributed by atoms with Crippen LogP contribution < -0.4 is 35.4 Å². The second-order valence-electron chi connectivity index (χ2n) is 17.3. The molecule has 10 rings (SSSR count). The summed E-state index contributed by atoms with van der Waals surface area (Å²) in [5.74, 6) is 2.22. The van der Waals surface area contributed by atoms with Gasteiger partial charge in [0, 0.05) is 74.1 Å². The summed E-state index contributed by atoms with van der Waals surface area (Å²) in [5, 5.41) is 21.6. The minimum absolute atomic E-state index is 0.168. The van der Waals surface area contributed by atoms with Gasteiger partial charge in [-0.25, -0.2) is 9.97 Å². The van der Waals surface area contributed by atoms with Crippen molar-refractivity contribution in [3.63, 3.8) is 0 Å². The Morgan fingerprint density at radius 3 is 2.36 bits per heavy atom. The van der Waals surface area contributed by atoms with Crippen LogP contribution >= 0.6 is 0 Å². The van der Waals surface area contributed by atoms with Crippen LogP contribution in [-0.2, 0) is 9.59 Å². The number of para-hydroxylation sites is 2. The van der Waals surface area contributed by atoms with Gasteiger partial charge in [0.2, 0.25) is 11.9 Å². The first-order valence-electron chi connectivity index (χ1n) is 21.4. The maximum atomic E-state index is 13.1. The number of nitrogens with one attached hydrogen (secondary N) is 1.